The van der Waals surface area contributed by atoms with Crippen molar-refractivity contribution < 1.29 is 9.53 Å². The summed E-state index contributed by atoms with van der Waals surface area (Å²) in [5.74, 6) is 2.96. The summed E-state index contributed by atoms with van der Waals surface area (Å²) in [6.07, 6.45) is 8.56. The molecule has 1 atom stereocenters. The van der Waals surface area contributed by atoms with Crippen LogP contribution in [0, 0.1) is 0 Å². The maximum absolute atomic E-state index is 12.5. The molecule has 0 bridgehead atoms. The van der Waals surface area contributed by atoms with Crippen LogP contribution in [-0.2, 0) is 4.74 Å². The van der Waals surface area contributed by atoms with Gasteiger partial charge in [-0.3, -0.25) is 5.10 Å². The third kappa shape index (κ3) is 6.07. The van der Waals surface area contributed by atoms with Gasteiger partial charge in [-0.25, -0.2) is 9.78 Å². The fourth-order valence-electron chi connectivity index (χ4n) is 5.73. The van der Waals surface area contributed by atoms with E-state index in [0.29, 0.717) is 23.6 Å². The maximum Gasteiger partial charge on any atom is 0.315 e. The average Bonchev–Trinajstić information content (AvgIpc) is 3.60. The number of ether oxygens (including phenoxy) is 1. The summed E-state index contributed by atoms with van der Waals surface area (Å²) >= 11 is 0. The van der Waals surface area contributed by atoms with Crippen molar-refractivity contribution in [3.8, 4) is 0 Å². The first-order valence-corrected chi connectivity index (χ1v) is 13.8. The Balaban J connectivity index is 0.917. The largest absolute Gasteiger partial charge is 0.381 e. The average molecular weight is 517 g/mol. The Morgan fingerprint density at radius 1 is 0.895 bits per heavy atom. The number of carbonyl (C=O) groups is 1. The highest BCUT2D eigenvalue weighted by atomic mass is 16.5. The summed E-state index contributed by atoms with van der Waals surface area (Å²) < 4.78 is 5.47. The number of urea groups is 1. The van der Waals surface area contributed by atoms with Crippen LogP contribution in [0.25, 0.3) is 0 Å². The van der Waals surface area contributed by atoms with E-state index < -0.39 is 0 Å². The van der Waals surface area contributed by atoms with Gasteiger partial charge in [-0.15, -0.1) is 0 Å². The van der Waals surface area contributed by atoms with Gasteiger partial charge in [0.1, 0.15) is 5.82 Å². The predicted octanol–water partition coefficient (Wildman–Crippen LogP) is 4.42. The van der Waals surface area contributed by atoms with Crippen LogP contribution in [0.4, 0.5) is 22.4 Å². The fourth-order valence-corrected chi connectivity index (χ4v) is 5.73. The summed E-state index contributed by atoms with van der Waals surface area (Å²) in [7, 11) is 0. The first-order chi connectivity index (χ1) is 18.7. The number of benzene rings is 1. The van der Waals surface area contributed by atoms with Gasteiger partial charge < -0.3 is 26.0 Å². The minimum Gasteiger partial charge on any atom is -0.381 e. The van der Waals surface area contributed by atoms with Gasteiger partial charge in [0.05, 0.1) is 6.61 Å². The second-order valence-corrected chi connectivity index (χ2v) is 10.7. The fraction of sp³-hybridized carbons (Fsp3) is 0.500. The number of nitrogens with one attached hydrogen (secondary N) is 5. The van der Waals surface area contributed by atoms with E-state index in [1.165, 1.54) is 5.56 Å². The zero-order valence-electron chi connectivity index (χ0n) is 21.5. The van der Waals surface area contributed by atoms with Crippen molar-refractivity contribution in [3.05, 3.63) is 59.9 Å². The monoisotopic (exact) mass is 516 g/mol. The number of rotatable bonds is 8. The molecule has 3 aliphatic rings. The molecular weight excluding hydrogens is 480 g/mol. The zero-order chi connectivity index (χ0) is 25.7. The summed E-state index contributed by atoms with van der Waals surface area (Å²) in [4.78, 5) is 21.5. The van der Waals surface area contributed by atoms with E-state index in [1.807, 2.05) is 18.2 Å². The topological polar surface area (TPSA) is 129 Å². The molecule has 10 heteroatoms. The molecule has 3 fully saturated rings. The minimum absolute atomic E-state index is 0.0398. The van der Waals surface area contributed by atoms with E-state index in [1.54, 1.807) is 6.20 Å². The third-order valence-electron chi connectivity index (χ3n) is 8.02. The van der Waals surface area contributed by atoms with Crippen LogP contribution in [0.1, 0.15) is 68.0 Å². The SMILES string of the molecule is O=C(N[C@H]1CC[C@H](Nc2nccc(Nc3cc(C4CCOC4)[nH]n3)n2)CC1)N[C@H]1C[C@H](c2ccccc2)C1. The van der Waals surface area contributed by atoms with Gasteiger partial charge in [0.2, 0.25) is 5.95 Å². The number of H-pyrrole nitrogens is 1. The normalized spacial score (nSPS) is 26.8. The highest BCUT2D eigenvalue weighted by molar-refractivity contribution is 5.74. The highest BCUT2D eigenvalue weighted by Crippen LogP contribution is 2.36. The second-order valence-electron chi connectivity index (χ2n) is 10.7. The molecule has 38 heavy (non-hydrogen) atoms. The molecule has 1 unspecified atom stereocenters. The van der Waals surface area contributed by atoms with E-state index in [9.17, 15) is 4.79 Å². The number of nitrogens with zero attached hydrogens (tertiary/aromatic N) is 3. The van der Waals surface area contributed by atoms with E-state index >= 15 is 0 Å². The lowest BCUT2D eigenvalue weighted by Gasteiger charge is -2.37. The molecule has 2 aliphatic carbocycles. The molecule has 2 saturated carbocycles. The Hall–Kier alpha value is -3.66. The first kappa shape index (κ1) is 24.7. The summed E-state index contributed by atoms with van der Waals surface area (Å²) in [6, 6.07) is 15.1. The van der Waals surface area contributed by atoms with Crippen LogP contribution < -0.4 is 21.3 Å². The van der Waals surface area contributed by atoms with Gasteiger partial charge in [0, 0.05) is 48.6 Å². The molecule has 0 radical (unpaired) electrons. The second kappa shape index (κ2) is 11.4. The zero-order valence-corrected chi connectivity index (χ0v) is 21.5. The van der Waals surface area contributed by atoms with E-state index in [-0.39, 0.29) is 24.2 Å². The van der Waals surface area contributed by atoms with E-state index in [0.717, 1.165) is 69.7 Å². The highest BCUT2D eigenvalue weighted by Gasteiger charge is 2.32. The lowest BCUT2D eigenvalue weighted by molar-refractivity contribution is 0.193. The van der Waals surface area contributed by atoms with Crippen molar-refractivity contribution >= 4 is 23.6 Å². The van der Waals surface area contributed by atoms with Gasteiger partial charge in [-0.2, -0.15) is 10.1 Å². The van der Waals surface area contributed by atoms with Crippen LogP contribution >= 0.6 is 0 Å². The summed E-state index contributed by atoms with van der Waals surface area (Å²) in [5, 5.41) is 20.5. The van der Waals surface area contributed by atoms with Gasteiger partial charge in [-0.1, -0.05) is 30.3 Å². The van der Waals surface area contributed by atoms with Gasteiger partial charge >= 0.3 is 6.03 Å². The van der Waals surface area contributed by atoms with Crippen molar-refractivity contribution in [2.45, 2.75) is 74.9 Å². The lowest BCUT2D eigenvalue weighted by atomic mass is 9.76. The number of aromatic nitrogens is 4. The number of carbonyl (C=O) groups excluding carboxylic acids is 1. The maximum atomic E-state index is 12.5. The Morgan fingerprint density at radius 2 is 1.68 bits per heavy atom. The lowest BCUT2D eigenvalue weighted by Crippen LogP contribution is -2.51. The van der Waals surface area contributed by atoms with Crippen LogP contribution in [0.15, 0.2) is 48.7 Å². The molecule has 2 aromatic heterocycles. The molecule has 1 aliphatic heterocycles. The Kier molecular flexibility index (Phi) is 7.39. The molecule has 0 spiro atoms. The third-order valence-corrected chi connectivity index (χ3v) is 8.02. The predicted molar refractivity (Wildman–Crippen MR) is 146 cm³/mol. The number of aromatic amines is 1. The number of hydrogen-bond acceptors (Lipinski definition) is 7. The number of anilines is 3. The van der Waals surface area contributed by atoms with Crippen molar-refractivity contribution in [3.63, 3.8) is 0 Å². The molecule has 200 valence electrons. The Bertz CT molecular complexity index is 1200. The molecule has 10 nitrogen and oxygen atoms in total. The van der Waals surface area contributed by atoms with Crippen molar-refractivity contribution in [2.24, 2.45) is 0 Å². The smallest absolute Gasteiger partial charge is 0.315 e. The molecule has 3 heterocycles. The molecular formula is C28H36N8O2. The molecule has 1 aromatic carbocycles. The van der Waals surface area contributed by atoms with Gasteiger partial charge in [-0.05, 0) is 62.5 Å². The minimum atomic E-state index is -0.0398. The van der Waals surface area contributed by atoms with Crippen molar-refractivity contribution in [2.75, 3.05) is 23.8 Å². The van der Waals surface area contributed by atoms with Crippen LogP contribution in [0.3, 0.4) is 0 Å². The summed E-state index contributed by atoms with van der Waals surface area (Å²) in [6.45, 7) is 1.54. The Morgan fingerprint density at radius 3 is 2.47 bits per heavy atom. The standard InChI is InChI=1S/C28H36N8O2/c37-28(32-23-14-20(15-23)18-4-2-1-3-5-18)31-22-8-6-21(7-9-22)30-27-29-12-10-25(34-27)33-26-16-24(35-36-26)19-11-13-38-17-19/h1-5,10,12,16,19-23H,6-9,11,13-15,17H2,(H2,31,32,37)(H3,29,30,33,34,35,36)/t19?,20-,21-,22-,23-. The number of hydrogen-bond donors (Lipinski definition) is 5. The van der Waals surface area contributed by atoms with Crippen LogP contribution in [0.2, 0.25) is 0 Å². The molecule has 1 saturated heterocycles. The quantitative estimate of drug-likeness (QED) is 0.300. The van der Waals surface area contributed by atoms with Crippen LogP contribution in [0.5, 0.6) is 0 Å². The van der Waals surface area contributed by atoms with Gasteiger partial charge in [0.15, 0.2) is 5.82 Å². The molecule has 5 N–H and O–H groups in total. The molecule has 6 rings (SSSR count). The summed E-state index contributed by atoms with van der Waals surface area (Å²) in [5.41, 5.74) is 2.45. The van der Waals surface area contributed by atoms with E-state index in [2.05, 4.69) is 65.7 Å². The van der Waals surface area contributed by atoms with Crippen molar-refractivity contribution in [1.29, 1.82) is 0 Å². The van der Waals surface area contributed by atoms with Gasteiger partial charge in [0.25, 0.3) is 0 Å². The molecule has 2 amide bonds. The first-order valence-electron chi connectivity index (χ1n) is 13.8. The molecule has 3 aromatic rings. The number of amides is 2. The van der Waals surface area contributed by atoms with Crippen molar-refractivity contribution in [1.82, 2.24) is 30.8 Å². The van der Waals surface area contributed by atoms with Crippen LogP contribution in [-0.4, -0.2) is 57.5 Å². The Labute approximate surface area is 222 Å². The van der Waals surface area contributed by atoms with E-state index in [4.69, 9.17) is 4.74 Å².